The maximum absolute atomic E-state index is 5.36. The predicted molar refractivity (Wildman–Crippen MR) is 52.3 cm³/mol. The number of nitrogens with one attached hydrogen (secondary N) is 1. The summed E-state index contributed by atoms with van der Waals surface area (Å²) in [4.78, 5) is 5.36. The van der Waals surface area contributed by atoms with Crippen LogP contribution in [0.2, 0.25) is 0 Å². The smallest absolute Gasteiger partial charge is 0.0705 e. The van der Waals surface area contributed by atoms with Gasteiger partial charge in [-0.25, -0.2) is 0 Å². The second-order valence-corrected chi connectivity index (χ2v) is 4.24. The van der Waals surface area contributed by atoms with Gasteiger partial charge in [-0.3, -0.25) is 0 Å². The molecule has 1 heterocycles. The van der Waals surface area contributed by atoms with E-state index in [9.17, 15) is 0 Å². The summed E-state index contributed by atoms with van der Waals surface area (Å²) < 4.78 is 5.31. The molecule has 13 heavy (non-hydrogen) atoms. The number of hydroxylamine groups is 1. The fourth-order valence-electron chi connectivity index (χ4n) is 1.39. The Morgan fingerprint density at radius 2 is 2.23 bits per heavy atom. The van der Waals surface area contributed by atoms with Crippen molar-refractivity contribution in [3.05, 3.63) is 0 Å². The van der Waals surface area contributed by atoms with Gasteiger partial charge in [0.1, 0.15) is 0 Å². The van der Waals surface area contributed by atoms with Crippen LogP contribution in [0.15, 0.2) is 0 Å². The molecule has 3 heteroatoms. The first kappa shape index (κ1) is 11.0. The largest absolute Gasteiger partial charge is 0.381 e. The predicted octanol–water partition coefficient (Wildman–Crippen LogP) is 1.59. The Balaban J connectivity index is 2.06. The fourth-order valence-corrected chi connectivity index (χ4v) is 1.39. The standard InChI is InChI=1S/C10H21NO2/c1-8(2)6-13-11-9(3)10-4-5-12-7-10/h8-11H,4-7H2,1-3H3. The molecule has 0 saturated carbocycles. The van der Waals surface area contributed by atoms with Crippen LogP contribution in [-0.2, 0) is 9.57 Å². The van der Waals surface area contributed by atoms with Crippen molar-refractivity contribution in [2.75, 3.05) is 19.8 Å². The zero-order chi connectivity index (χ0) is 9.68. The van der Waals surface area contributed by atoms with Crippen molar-refractivity contribution in [1.82, 2.24) is 5.48 Å². The van der Waals surface area contributed by atoms with Crippen molar-refractivity contribution >= 4 is 0 Å². The topological polar surface area (TPSA) is 30.5 Å². The second kappa shape index (κ2) is 5.58. The summed E-state index contributed by atoms with van der Waals surface area (Å²) in [5, 5.41) is 0. The van der Waals surface area contributed by atoms with E-state index in [0.29, 0.717) is 17.9 Å². The van der Waals surface area contributed by atoms with E-state index in [1.807, 2.05) is 0 Å². The van der Waals surface area contributed by atoms with Crippen molar-refractivity contribution in [3.63, 3.8) is 0 Å². The molecular formula is C10H21NO2. The van der Waals surface area contributed by atoms with E-state index in [4.69, 9.17) is 9.57 Å². The SMILES string of the molecule is CC(C)CONC(C)C1CCOC1. The van der Waals surface area contributed by atoms with Crippen LogP contribution < -0.4 is 5.48 Å². The molecule has 0 amide bonds. The van der Waals surface area contributed by atoms with Crippen LogP contribution in [0.1, 0.15) is 27.2 Å². The third-order valence-corrected chi connectivity index (χ3v) is 2.36. The highest BCUT2D eigenvalue weighted by Gasteiger charge is 2.22. The highest BCUT2D eigenvalue weighted by molar-refractivity contribution is 4.72. The zero-order valence-electron chi connectivity index (χ0n) is 8.88. The van der Waals surface area contributed by atoms with Crippen LogP contribution in [0.3, 0.4) is 0 Å². The third-order valence-electron chi connectivity index (χ3n) is 2.36. The first-order valence-corrected chi connectivity index (χ1v) is 5.15. The van der Waals surface area contributed by atoms with Gasteiger partial charge in [0.25, 0.3) is 0 Å². The van der Waals surface area contributed by atoms with Crippen molar-refractivity contribution in [2.45, 2.75) is 33.2 Å². The molecule has 0 aromatic heterocycles. The maximum atomic E-state index is 5.36. The summed E-state index contributed by atoms with van der Waals surface area (Å²) in [6, 6.07) is 0.404. The summed E-state index contributed by atoms with van der Waals surface area (Å²) in [5.74, 6) is 1.20. The number of rotatable bonds is 5. The molecule has 0 aromatic rings. The van der Waals surface area contributed by atoms with Crippen molar-refractivity contribution < 1.29 is 9.57 Å². The maximum Gasteiger partial charge on any atom is 0.0705 e. The van der Waals surface area contributed by atoms with E-state index in [2.05, 4.69) is 26.3 Å². The van der Waals surface area contributed by atoms with Gasteiger partial charge in [0.15, 0.2) is 0 Å². The zero-order valence-corrected chi connectivity index (χ0v) is 8.88. The van der Waals surface area contributed by atoms with Gasteiger partial charge in [-0.05, 0) is 19.3 Å². The van der Waals surface area contributed by atoms with E-state index in [-0.39, 0.29) is 0 Å². The first-order chi connectivity index (χ1) is 6.20. The highest BCUT2D eigenvalue weighted by atomic mass is 16.6. The van der Waals surface area contributed by atoms with Crippen LogP contribution in [0.25, 0.3) is 0 Å². The summed E-state index contributed by atoms with van der Waals surface area (Å²) >= 11 is 0. The molecule has 78 valence electrons. The van der Waals surface area contributed by atoms with Gasteiger partial charge in [-0.15, -0.1) is 0 Å². The number of ether oxygens (including phenoxy) is 1. The van der Waals surface area contributed by atoms with Crippen LogP contribution >= 0.6 is 0 Å². The third kappa shape index (κ3) is 4.07. The Morgan fingerprint density at radius 1 is 1.46 bits per heavy atom. The van der Waals surface area contributed by atoms with Gasteiger partial charge in [0.2, 0.25) is 0 Å². The Morgan fingerprint density at radius 3 is 2.77 bits per heavy atom. The average molecular weight is 187 g/mol. The molecule has 1 fully saturated rings. The molecule has 0 aromatic carbocycles. The molecule has 1 rings (SSSR count). The van der Waals surface area contributed by atoms with Crippen LogP contribution in [0.5, 0.6) is 0 Å². The Hall–Kier alpha value is -0.120. The minimum atomic E-state index is 0.404. The van der Waals surface area contributed by atoms with Gasteiger partial charge >= 0.3 is 0 Å². The molecule has 1 aliphatic rings. The molecule has 2 unspecified atom stereocenters. The molecule has 0 spiro atoms. The van der Waals surface area contributed by atoms with Gasteiger partial charge in [0.05, 0.1) is 13.2 Å². The lowest BCUT2D eigenvalue weighted by atomic mass is 10.0. The summed E-state index contributed by atoms with van der Waals surface area (Å²) in [7, 11) is 0. The van der Waals surface area contributed by atoms with Crippen LogP contribution in [0.4, 0.5) is 0 Å². The number of hydrogen-bond donors (Lipinski definition) is 1. The second-order valence-electron chi connectivity index (χ2n) is 4.24. The Labute approximate surface area is 80.7 Å². The molecule has 0 radical (unpaired) electrons. The lowest BCUT2D eigenvalue weighted by molar-refractivity contribution is -0.00897. The van der Waals surface area contributed by atoms with Crippen LogP contribution in [0, 0.1) is 11.8 Å². The quantitative estimate of drug-likeness (QED) is 0.663. The fraction of sp³-hybridized carbons (Fsp3) is 1.00. The Kier molecular flexibility index (Phi) is 4.70. The Bertz CT molecular complexity index is 133. The van der Waals surface area contributed by atoms with E-state index < -0.39 is 0 Å². The van der Waals surface area contributed by atoms with E-state index in [1.54, 1.807) is 0 Å². The molecule has 3 nitrogen and oxygen atoms in total. The summed E-state index contributed by atoms with van der Waals surface area (Å²) in [6.45, 7) is 8.99. The highest BCUT2D eigenvalue weighted by Crippen LogP contribution is 2.16. The minimum absolute atomic E-state index is 0.404. The van der Waals surface area contributed by atoms with E-state index >= 15 is 0 Å². The van der Waals surface area contributed by atoms with E-state index in [1.165, 1.54) is 0 Å². The molecule has 1 aliphatic heterocycles. The lowest BCUT2D eigenvalue weighted by Crippen LogP contribution is -2.34. The summed E-state index contributed by atoms with van der Waals surface area (Å²) in [5.41, 5.74) is 3.08. The average Bonchev–Trinajstić information content (AvgIpc) is 2.55. The first-order valence-electron chi connectivity index (χ1n) is 5.15. The van der Waals surface area contributed by atoms with Crippen molar-refractivity contribution in [1.29, 1.82) is 0 Å². The van der Waals surface area contributed by atoms with Crippen molar-refractivity contribution in [3.8, 4) is 0 Å². The van der Waals surface area contributed by atoms with E-state index in [0.717, 1.165) is 26.2 Å². The van der Waals surface area contributed by atoms with Crippen LogP contribution in [-0.4, -0.2) is 25.9 Å². The molecule has 2 atom stereocenters. The van der Waals surface area contributed by atoms with Gasteiger partial charge in [-0.1, -0.05) is 13.8 Å². The molecular weight excluding hydrogens is 166 g/mol. The minimum Gasteiger partial charge on any atom is -0.381 e. The summed E-state index contributed by atoms with van der Waals surface area (Å²) in [6.07, 6.45) is 1.15. The molecule has 1 saturated heterocycles. The van der Waals surface area contributed by atoms with Gasteiger partial charge < -0.3 is 9.57 Å². The number of hydrogen-bond acceptors (Lipinski definition) is 3. The van der Waals surface area contributed by atoms with Gasteiger partial charge in [0, 0.05) is 18.6 Å². The lowest BCUT2D eigenvalue weighted by Gasteiger charge is -2.19. The normalized spacial score (nSPS) is 25.4. The molecule has 0 bridgehead atoms. The monoisotopic (exact) mass is 187 g/mol. The van der Waals surface area contributed by atoms with Gasteiger partial charge in [-0.2, -0.15) is 5.48 Å². The molecule has 1 N–H and O–H groups in total. The van der Waals surface area contributed by atoms with Crippen molar-refractivity contribution in [2.24, 2.45) is 11.8 Å². The molecule has 0 aliphatic carbocycles.